The van der Waals surface area contributed by atoms with Crippen LogP contribution in [0.3, 0.4) is 0 Å². The van der Waals surface area contributed by atoms with E-state index in [1.54, 1.807) is 12.2 Å². The zero-order chi connectivity index (χ0) is 36.8. The average molecular weight is 715 g/mol. The molecule has 0 N–H and O–H groups in total. The van der Waals surface area contributed by atoms with Crippen molar-refractivity contribution in [2.24, 2.45) is 52.3 Å². The first-order valence-corrected chi connectivity index (χ1v) is 20.5. The fourth-order valence-electron chi connectivity index (χ4n) is 12.0. The van der Waals surface area contributed by atoms with Gasteiger partial charge in [0, 0.05) is 13.8 Å². The minimum absolute atomic E-state index is 0.125. The van der Waals surface area contributed by atoms with E-state index in [0.29, 0.717) is 24.0 Å². The first-order valence-electron chi connectivity index (χ1n) is 20.5. The van der Waals surface area contributed by atoms with Crippen LogP contribution < -0.4 is 0 Å². The Bertz CT molecular complexity index is 1170. The number of rotatable bonds is 17. The van der Waals surface area contributed by atoms with E-state index >= 15 is 0 Å². The molecule has 0 aromatic rings. The van der Waals surface area contributed by atoms with Gasteiger partial charge < -0.3 is 28.4 Å². The summed E-state index contributed by atoms with van der Waals surface area (Å²) in [6, 6.07) is 0. The van der Waals surface area contributed by atoms with Crippen molar-refractivity contribution in [2.45, 2.75) is 156 Å². The van der Waals surface area contributed by atoms with Crippen molar-refractivity contribution < 1.29 is 38.0 Å². The molecule has 0 aromatic carbocycles. The predicted molar refractivity (Wildman–Crippen MR) is 199 cm³/mol. The fourth-order valence-corrected chi connectivity index (χ4v) is 12.0. The number of hydrogen-bond acceptors (Lipinski definition) is 8. The molecule has 290 valence electrons. The zero-order valence-electron chi connectivity index (χ0n) is 32.8. The van der Waals surface area contributed by atoms with Crippen molar-refractivity contribution in [1.29, 1.82) is 0 Å². The van der Waals surface area contributed by atoms with Crippen LogP contribution in [0.1, 0.15) is 125 Å². The molecule has 5 rings (SSSR count). The summed E-state index contributed by atoms with van der Waals surface area (Å²) >= 11 is 0. The molecule has 8 heteroatoms. The third-order valence-corrected chi connectivity index (χ3v) is 14.4. The van der Waals surface area contributed by atoms with Crippen LogP contribution in [-0.4, -0.2) is 69.1 Å². The van der Waals surface area contributed by atoms with E-state index in [2.05, 4.69) is 40.9 Å². The number of esters is 2. The van der Waals surface area contributed by atoms with Gasteiger partial charge in [-0.05, 0) is 110 Å². The number of hydrogen-bond donors (Lipinski definition) is 0. The van der Waals surface area contributed by atoms with Crippen molar-refractivity contribution in [2.75, 3.05) is 26.4 Å². The maximum Gasteiger partial charge on any atom is 0.303 e. The Morgan fingerprint density at radius 1 is 0.804 bits per heavy atom. The van der Waals surface area contributed by atoms with Crippen LogP contribution in [0.5, 0.6) is 0 Å². The van der Waals surface area contributed by atoms with E-state index in [9.17, 15) is 9.59 Å². The van der Waals surface area contributed by atoms with E-state index < -0.39 is 42.6 Å². The third-order valence-electron chi connectivity index (χ3n) is 14.4. The van der Waals surface area contributed by atoms with E-state index in [1.807, 2.05) is 0 Å². The predicted octanol–water partition coefficient (Wildman–Crippen LogP) is 8.86. The van der Waals surface area contributed by atoms with Crippen LogP contribution in [-0.2, 0) is 38.0 Å². The van der Waals surface area contributed by atoms with Gasteiger partial charge in [-0.2, -0.15) is 0 Å². The molecule has 0 amide bonds. The summed E-state index contributed by atoms with van der Waals surface area (Å²) in [5.74, 6) is 4.65. The molecule has 8 nitrogen and oxygen atoms in total. The minimum Gasteiger partial charge on any atom is -0.457 e. The molecule has 0 spiro atoms. The third kappa shape index (κ3) is 9.15. The van der Waals surface area contributed by atoms with Gasteiger partial charge in [-0.1, -0.05) is 65.5 Å². The summed E-state index contributed by atoms with van der Waals surface area (Å²) in [7, 11) is 0. The Morgan fingerprint density at radius 2 is 1.53 bits per heavy atom. The Morgan fingerprint density at radius 3 is 2.25 bits per heavy atom. The Balaban J connectivity index is 1.15. The minimum atomic E-state index is -0.934. The first-order chi connectivity index (χ1) is 24.4. The van der Waals surface area contributed by atoms with Gasteiger partial charge in [0.15, 0.2) is 18.5 Å². The maximum absolute atomic E-state index is 12.2. The Labute approximate surface area is 309 Å². The van der Waals surface area contributed by atoms with Crippen molar-refractivity contribution in [3.8, 4) is 0 Å². The second kappa shape index (κ2) is 18.1. The van der Waals surface area contributed by atoms with Crippen LogP contribution in [0.15, 0.2) is 25.3 Å². The second-order valence-corrected chi connectivity index (χ2v) is 17.6. The van der Waals surface area contributed by atoms with Crippen molar-refractivity contribution in [1.82, 2.24) is 0 Å². The highest BCUT2D eigenvalue weighted by molar-refractivity contribution is 5.67. The van der Waals surface area contributed by atoms with Crippen LogP contribution in [0.2, 0.25) is 0 Å². The quantitative estimate of drug-likeness (QED) is 0.0839. The second-order valence-electron chi connectivity index (χ2n) is 17.6. The van der Waals surface area contributed by atoms with Gasteiger partial charge in [-0.25, -0.2) is 0 Å². The summed E-state index contributed by atoms with van der Waals surface area (Å²) in [6.07, 6.45) is 17.0. The molecule has 51 heavy (non-hydrogen) atoms. The smallest absolute Gasteiger partial charge is 0.303 e. The summed E-state index contributed by atoms with van der Waals surface area (Å²) in [4.78, 5) is 24.4. The van der Waals surface area contributed by atoms with Crippen LogP contribution in [0.25, 0.3) is 0 Å². The molecule has 5 fully saturated rings. The van der Waals surface area contributed by atoms with Gasteiger partial charge in [0.2, 0.25) is 0 Å². The molecule has 1 saturated heterocycles. The molecule has 1 aliphatic heterocycles. The molecule has 5 aliphatic rings. The van der Waals surface area contributed by atoms with Crippen LogP contribution in [0, 0.1) is 52.3 Å². The van der Waals surface area contributed by atoms with Gasteiger partial charge >= 0.3 is 11.9 Å². The molecule has 4 aliphatic carbocycles. The molecule has 1 heterocycles. The topological polar surface area (TPSA) is 89.5 Å². The molecule has 0 bridgehead atoms. The number of fused-ring (bicyclic) bond motifs is 5. The zero-order valence-corrected chi connectivity index (χ0v) is 32.8. The van der Waals surface area contributed by atoms with Gasteiger partial charge in [-0.15, -0.1) is 13.2 Å². The summed E-state index contributed by atoms with van der Waals surface area (Å²) in [5.41, 5.74) is 1.10. The van der Waals surface area contributed by atoms with Gasteiger partial charge in [0.05, 0.1) is 26.4 Å². The Hall–Kier alpha value is -1.74. The maximum atomic E-state index is 12.2. The molecular weight excluding hydrogens is 644 g/mol. The van der Waals surface area contributed by atoms with E-state index in [0.717, 1.165) is 48.3 Å². The van der Waals surface area contributed by atoms with Gasteiger partial charge in [0.1, 0.15) is 12.2 Å². The average Bonchev–Trinajstić information content (AvgIpc) is 3.45. The fraction of sp³-hybridized carbons (Fsp3) is 0.860. The summed E-state index contributed by atoms with van der Waals surface area (Å²) < 4.78 is 35.9. The molecule has 2 unspecified atom stereocenters. The Kier molecular flexibility index (Phi) is 14.3. The molecule has 0 radical (unpaired) electrons. The van der Waals surface area contributed by atoms with Crippen LogP contribution >= 0.6 is 0 Å². The lowest BCUT2D eigenvalue weighted by atomic mass is 9.44. The first kappa shape index (κ1) is 40.4. The van der Waals surface area contributed by atoms with Gasteiger partial charge in [-0.3, -0.25) is 9.59 Å². The lowest BCUT2D eigenvalue weighted by molar-refractivity contribution is -0.313. The highest BCUT2D eigenvalue weighted by Gasteiger charge is 2.60. The molecule has 4 saturated carbocycles. The molecule has 0 aromatic heterocycles. The largest absolute Gasteiger partial charge is 0.457 e. The number of ether oxygens (including phenoxy) is 6. The standard InChI is InChI=1S/C43H70O8/c1-9-24-46-27-37-38(49-30(5)44)39(47-25-10-2)40(50-31(6)45)41(51-37)48-26-28(3)14-13-15-29(4)34-19-20-35-33-18-17-32-16-11-12-22-42(32,7)36(33)21-23-43(34,35)8/h9-10,28-29,32-41H,1-2,11-27H2,3-8H3/t28?,29-,32?,33+,34-,35+,36+,37-,38+,39+,40-,41-,42+,43-/m1/s1. The number of carbonyl (C=O) groups excluding carboxylic acids is 2. The highest BCUT2D eigenvalue weighted by atomic mass is 16.7. The highest BCUT2D eigenvalue weighted by Crippen LogP contribution is 2.68. The van der Waals surface area contributed by atoms with E-state index in [-0.39, 0.29) is 19.1 Å². The van der Waals surface area contributed by atoms with Crippen LogP contribution in [0.4, 0.5) is 0 Å². The molecular formula is C43H70O8. The summed E-state index contributed by atoms with van der Waals surface area (Å²) in [5, 5.41) is 0. The van der Waals surface area contributed by atoms with Crippen molar-refractivity contribution in [3.05, 3.63) is 25.3 Å². The van der Waals surface area contributed by atoms with E-state index in [1.165, 1.54) is 84.5 Å². The normalized spacial score (nSPS) is 40.2. The van der Waals surface area contributed by atoms with Crippen molar-refractivity contribution >= 4 is 11.9 Å². The van der Waals surface area contributed by atoms with Crippen molar-refractivity contribution in [3.63, 3.8) is 0 Å². The SMILES string of the molecule is C=CCOC[C@H]1O[C@@H](OCC(C)CCC[C@@H](C)[C@H]2CC[C@H]3[C@@H]4CCC5CCCC[C@]5(C)[C@H]4CC[C@]23C)[C@H](OC(C)=O)[C@@H](OCC=C)[C@H]1OC(C)=O. The monoisotopic (exact) mass is 715 g/mol. The number of carbonyl (C=O) groups is 2. The lowest BCUT2D eigenvalue weighted by Crippen LogP contribution is -2.62. The van der Waals surface area contributed by atoms with Gasteiger partial charge in [0.25, 0.3) is 0 Å². The summed E-state index contributed by atoms with van der Waals surface area (Å²) in [6.45, 7) is 21.3. The molecule has 14 atom stereocenters. The lowest BCUT2D eigenvalue weighted by Gasteiger charge is -2.61. The van der Waals surface area contributed by atoms with E-state index in [4.69, 9.17) is 28.4 Å².